The molecule has 7 heteroatoms. The van der Waals surface area contributed by atoms with Crippen LogP contribution in [-0.2, 0) is 19.6 Å². The number of pyridine rings is 2. The second kappa shape index (κ2) is 8.04. The normalized spacial score (nSPS) is 18.5. The maximum Gasteiger partial charge on any atom is 0.152 e. The van der Waals surface area contributed by atoms with Gasteiger partial charge in [0.2, 0.25) is 0 Å². The van der Waals surface area contributed by atoms with E-state index in [0.29, 0.717) is 19.8 Å². The van der Waals surface area contributed by atoms with Crippen LogP contribution in [0.3, 0.4) is 0 Å². The van der Waals surface area contributed by atoms with Gasteiger partial charge >= 0.3 is 0 Å². The van der Waals surface area contributed by atoms with Crippen LogP contribution in [0, 0.1) is 0 Å². The van der Waals surface area contributed by atoms with Crippen molar-refractivity contribution >= 4 is 10.9 Å². The second-order valence-electron chi connectivity index (χ2n) is 7.78. The summed E-state index contributed by atoms with van der Waals surface area (Å²) in [6.45, 7) is 6.12. The van der Waals surface area contributed by atoms with Crippen molar-refractivity contribution in [2.24, 2.45) is 0 Å². The molecule has 1 saturated heterocycles. The molecule has 0 atom stereocenters. The molecule has 2 aliphatic heterocycles. The van der Waals surface area contributed by atoms with Crippen LogP contribution in [0.5, 0.6) is 5.75 Å². The fourth-order valence-electron chi connectivity index (χ4n) is 4.19. The topological polar surface area (TPSA) is 65.0 Å². The zero-order chi connectivity index (χ0) is 19.6. The molecule has 1 N–H and O–H groups in total. The van der Waals surface area contributed by atoms with Gasteiger partial charge in [-0.05, 0) is 29.3 Å². The first-order valence-electron chi connectivity index (χ1n) is 10.1. The Labute approximate surface area is 170 Å². The Morgan fingerprint density at radius 2 is 1.86 bits per heavy atom. The predicted molar refractivity (Wildman–Crippen MR) is 109 cm³/mol. The highest BCUT2D eigenvalue weighted by Gasteiger charge is 2.24. The third-order valence-electron chi connectivity index (χ3n) is 5.67. The summed E-state index contributed by atoms with van der Waals surface area (Å²) in [5.74, 6) is 0.909. The zero-order valence-corrected chi connectivity index (χ0v) is 16.4. The minimum Gasteiger partial charge on any atom is -0.475 e. The fourth-order valence-corrected chi connectivity index (χ4v) is 4.19. The average Bonchev–Trinajstić information content (AvgIpc) is 2.76. The van der Waals surface area contributed by atoms with Crippen molar-refractivity contribution < 1.29 is 9.94 Å². The summed E-state index contributed by atoms with van der Waals surface area (Å²) in [6.07, 6.45) is 5.54. The second-order valence-corrected chi connectivity index (χ2v) is 7.78. The molecule has 0 radical (unpaired) electrons. The van der Waals surface area contributed by atoms with Crippen LogP contribution >= 0.6 is 0 Å². The molecule has 7 nitrogen and oxygen atoms in total. The number of rotatable bonds is 4. The molecule has 2 aromatic heterocycles. The summed E-state index contributed by atoms with van der Waals surface area (Å²) in [5.41, 5.74) is 4.58. The maximum absolute atomic E-state index is 9.64. The van der Waals surface area contributed by atoms with E-state index in [4.69, 9.17) is 4.74 Å². The molecule has 29 heavy (non-hydrogen) atoms. The van der Waals surface area contributed by atoms with Crippen LogP contribution < -0.4 is 4.74 Å². The molecule has 4 heterocycles. The van der Waals surface area contributed by atoms with Gasteiger partial charge in [-0.15, -0.1) is 0 Å². The molecule has 150 valence electrons. The lowest BCUT2D eigenvalue weighted by atomic mass is 10.0. The molecule has 1 aromatic carbocycles. The molecule has 0 unspecified atom stereocenters. The first kappa shape index (κ1) is 18.4. The van der Waals surface area contributed by atoms with Gasteiger partial charge < -0.3 is 9.94 Å². The van der Waals surface area contributed by atoms with E-state index in [1.54, 1.807) is 6.20 Å². The molecule has 0 bridgehead atoms. The van der Waals surface area contributed by atoms with Crippen LogP contribution in [0.4, 0.5) is 0 Å². The summed E-state index contributed by atoms with van der Waals surface area (Å²) in [6, 6.07) is 10.5. The smallest absolute Gasteiger partial charge is 0.152 e. The Morgan fingerprint density at radius 1 is 1.00 bits per heavy atom. The minimum atomic E-state index is 0.547. The van der Waals surface area contributed by atoms with E-state index < -0.39 is 0 Å². The molecule has 0 aliphatic carbocycles. The van der Waals surface area contributed by atoms with Crippen LogP contribution in [0.15, 0.2) is 48.9 Å². The van der Waals surface area contributed by atoms with E-state index in [2.05, 4.69) is 38.0 Å². The summed E-state index contributed by atoms with van der Waals surface area (Å²) in [5, 5.41) is 12.2. The fraction of sp³-hybridized carbons (Fsp3) is 0.364. The maximum atomic E-state index is 9.64. The lowest BCUT2D eigenvalue weighted by molar-refractivity contribution is -0.118. The Morgan fingerprint density at radius 3 is 2.69 bits per heavy atom. The Kier molecular flexibility index (Phi) is 5.12. The van der Waals surface area contributed by atoms with E-state index in [1.807, 2.05) is 24.5 Å². The van der Waals surface area contributed by atoms with Gasteiger partial charge in [0.25, 0.3) is 0 Å². The Hall–Kier alpha value is -2.58. The quantitative estimate of drug-likeness (QED) is 0.733. The largest absolute Gasteiger partial charge is 0.475 e. The molecular weight excluding hydrogens is 366 g/mol. The summed E-state index contributed by atoms with van der Waals surface area (Å²) < 4.78 is 6.17. The van der Waals surface area contributed by atoms with Crippen LogP contribution in [0.1, 0.15) is 16.7 Å². The highest BCUT2D eigenvalue weighted by atomic mass is 16.5. The van der Waals surface area contributed by atoms with Crippen molar-refractivity contribution in [2.75, 3.05) is 32.9 Å². The number of piperazine rings is 1. The van der Waals surface area contributed by atoms with Gasteiger partial charge in [0, 0.05) is 75.4 Å². The molecule has 5 rings (SSSR count). The van der Waals surface area contributed by atoms with E-state index >= 15 is 0 Å². The minimum absolute atomic E-state index is 0.547. The Balaban J connectivity index is 1.43. The van der Waals surface area contributed by atoms with Crippen molar-refractivity contribution in [3.8, 4) is 5.75 Å². The zero-order valence-electron chi connectivity index (χ0n) is 16.4. The average molecular weight is 391 g/mol. The van der Waals surface area contributed by atoms with E-state index in [9.17, 15) is 5.21 Å². The molecule has 3 aromatic rings. The number of hydrogen-bond donors (Lipinski definition) is 1. The number of fused-ring (bicyclic) bond motifs is 3. The van der Waals surface area contributed by atoms with Crippen molar-refractivity contribution in [3.63, 3.8) is 0 Å². The first-order chi connectivity index (χ1) is 14.3. The van der Waals surface area contributed by atoms with Gasteiger partial charge in [0.1, 0.15) is 12.2 Å². The standard InChI is InChI=1S/C22H25N5O2/c28-27-9-7-25(8-10-27)14-18-11-19-15-26(13-17-3-1-5-23-12-17)16-29-22(19)21-20(18)4-2-6-24-21/h1-6,11-12,28H,7-10,13-16H2. The number of nitrogens with zero attached hydrogens (tertiary/aromatic N) is 5. The lowest BCUT2D eigenvalue weighted by Gasteiger charge is -2.33. The third kappa shape index (κ3) is 3.95. The third-order valence-corrected chi connectivity index (χ3v) is 5.67. The summed E-state index contributed by atoms with van der Waals surface area (Å²) >= 11 is 0. The summed E-state index contributed by atoms with van der Waals surface area (Å²) in [7, 11) is 0. The van der Waals surface area contributed by atoms with Gasteiger partial charge in [-0.1, -0.05) is 12.1 Å². The van der Waals surface area contributed by atoms with E-state index in [1.165, 1.54) is 21.8 Å². The first-order valence-corrected chi connectivity index (χ1v) is 10.1. The molecule has 1 fully saturated rings. The monoisotopic (exact) mass is 391 g/mol. The highest BCUT2D eigenvalue weighted by molar-refractivity contribution is 5.89. The van der Waals surface area contributed by atoms with Gasteiger partial charge in [0.05, 0.1) is 0 Å². The van der Waals surface area contributed by atoms with Crippen LogP contribution in [-0.4, -0.2) is 62.9 Å². The molecule has 0 spiro atoms. The lowest BCUT2D eigenvalue weighted by Crippen LogP contribution is -2.44. The molecular formula is C22H25N5O2. The number of benzene rings is 1. The van der Waals surface area contributed by atoms with Crippen molar-refractivity contribution in [3.05, 3.63) is 65.6 Å². The van der Waals surface area contributed by atoms with E-state index in [-0.39, 0.29) is 0 Å². The SMILES string of the molecule is ON1CCN(Cc2cc3c(c4ncccc24)OCN(Cc2cccnc2)C3)CC1. The van der Waals surface area contributed by atoms with Gasteiger partial charge in [-0.2, -0.15) is 5.06 Å². The Bertz CT molecular complexity index is 989. The van der Waals surface area contributed by atoms with Crippen molar-refractivity contribution in [2.45, 2.75) is 19.6 Å². The molecule has 0 amide bonds. The predicted octanol–water partition coefficient (Wildman–Crippen LogP) is 2.49. The highest BCUT2D eigenvalue weighted by Crippen LogP contribution is 2.35. The number of hydroxylamine groups is 2. The number of aromatic nitrogens is 2. The van der Waals surface area contributed by atoms with E-state index in [0.717, 1.165) is 49.4 Å². The molecule has 0 saturated carbocycles. The summed E-state index contributed by atoms with van der Waals surface area (Å²) in [4.78, 5) is 13.5. The molecule has 2 aliphatic rings. The van der Waals surface area contributed by atoms with Crippen molar-refractivity contribution in [1.29, 1.82) is 0 Å². The number of hydrogen-bond acceptors (Lipinski definition) is 7. The number of ether oxygens (including phenoxy) is 1. The van der Waals surface area contributed by atoms with Crippen LogP contribution in [0.25, 0.3) is 10.9 Å². The van der Waals surface area contributed by atoms with Gasteiger partial charge in [-0.25, -0.2) is 0 Å². The van der Waals surface area contributed by atoms with Crippen LogP contribution in [0.2, 0.25) is 0 Å². The van der Waals surface area contributed by atoms with Crippen molar-refractivity contribution in [1.82, 2.24) is 24.8 Å². The van der Waals surface area contributed by atoms with Gasteiger partial charge in [0.15, 0.2) is 5.75 Å². The van der Waals surface area contributed by atoms with Gasteiger partial charge in [-0.3, -0.25) is 19.8 Å².